The molecule has 38 heavy (non-hydrogen) atoms. The van der Waals surface area contributed by atoms with Gasteiger partial charge in [-0.15, -0.1) is 11.3 Å². The molecule has 4 atom stereocenters. The number of benzene rings is 2. The number of rotatable bonds is 7. The van der Waals surface area contributed by atoms with Crippen molar-refractivity contribution in [3.8, 4) is 0 Å². The number of imide groups is 1. The zero-order chi connectivity index (χ0) is 27.4. The summed E-state index contributed by atoms with van der Waals surface area (Å²) in [5, 5.41) is 24.7. The Labute approximate surface area is 225 Å². The molecule has 0 spiro atoms. The predicted octanol–water partition coefficient (Wildman–Crippen LogP) is 4.03. The van der Waals surface area contributed by atoms with E-state index < -0.39 is 46.1 Å². The Balaban J connectivity index is 1.60. The van der Waals surface area contributed by atoms with Crippen LogP contribution >= 0.6 is 22.9 Å². The average molecular weight is 554 g/mol. The number of fused-ring (bicyclic) bond motifs is 1. The SMILES string of the molecule is CC(=O)c1ccc(N2C(=O)C3C(c4ccc(Cl)s4)NC(Cc4ccc([N+](=O)[O-])cc4)(C(=O)O)C3C2=O)cc1. The second-order valence-electron chi connectivity index (χ2n) is 9.26. The second-order valence-corrected chi connectivity index (χ2v) is 11.0. The monoisotopic (exact) mass is 553 g/mol. The van der Waals surface area contributed by atoms with Gasteiger partial charge in [0.1, 0.15) is 5.54 Å². The summed E-state index contributed by atoms with van der Waals surface area (Å²) >= 11 is 7.32. The van der Waals surface area contributed by atoms with Crippen molar-refractivity contribution in [3.63, 3.8) is 0 Å². The Morgan fingerprint density at radius 1 is 1.08 bits per heavy atom. The summed E-state index contributed by atoms with van der Waals surface area (Å²) in [5.74, 6) is -5.08. The molecule has 10 nitrogen and oxygen atoms in total. The minimum atomic E-state index is -1.89. The van der Waals surface area contributed by atoms with Crippen molar-refractivity contribution >= 4 is 57.9 Å². The number of hydrogen-bond acceptors (Lipinski definition) is 8. The van der Waals surface area contributed by atoms with Crippen LogP contribution in [-0.4, -0.2) is 39.1 Å². The third-order valence-corrected chi connectivity index (χ3v) is 8.41. The molecule has 2 aliphatic rings. The van der Waals surface area contributed by atoms with Crippen molar-refractivity contribution in [3.05, 3.63) is 91.1 Å². The average Bonchev–Trinajstić information content (AvgIpc) is 3.53. The van der Waals surface area contributed by atoms with Crippen molar-refractivity contribution in [2.75, 3.05) is 4.90 Å². The van der Waals surface area contributed by atoms with Gasteiger partial charge in [0, 0.05) is 29.0 Å². The van der Waals surface area contributed by atoms with Crippen LogP contribution in [0.4, 0.5) is 11.4 Å². The highest BCUT2D eigenvalue weighted by molar-refractivity contribution is 7.16. The lowest BCUT2D eigenvalue weighted by molar-refractivity contribution is -0.384. The maximum absolute atomic E-state index is 13.9. The number of Topliss-reactive ketones (excluding diaryl/α,β-unsaturated/α-hetero) is 1. The van der Waals surface area contributed by atoms with Gasteiger partial charge < -0.3 is 5.11 Å². The fraction of sp³-hybridized carbons (Fsp3) is 0.231. The number of nitrogens with one attached hydrogen (secondary N) is 1. The van der Waals surface area contributed by atoms with Gasteiger partial charge in [-0.05, 0) is 48.9 Å². The van der Waals surface area contributed by atoms with Gasteiger partial charge in [-0.2, -0.15) is 0 Å². The number of halogens is 1. The molecule has 5 rings (SSSR count). The lowest BCUT2D eigenvalue weighted by Crippen LogP contribution is -2.57. The highest BCUT2D eigenvalue weighted by Gasteiger charge is 2.68. The topological polar surface area (TPSA) is 147 Å². The Morgan fingerprint density at radius 3 is 2.26 bits per heavy atom. The van der Waals surface area contributed by atoms with Crippen molar-refractivity contribution in [1.29, 1.82) is 0 Å². The van der Waals surface area contributed by atoms with E-state index in [-0.39, 0.29) is 23.6 Å². The number of ketones is 1. The fourth-order valence-corrected chi connectivity index (χ4v) is 6.49. The van der Waals surface area contributed by atoms with Crippen LogP contribution < -0.4 is 10.2 Å². The molecular weight excluding hydrogens is 534 g/mol. The number of nitro benzene ring substituents is 1. The maximum atomic E-state index is 13.9. The number of carbonyl (C=O) groups is 4. The molecule has 4 unspecified atom stereocenters. The zero-order valence-corrected chi connectivity index (χ0v) is 21.4. The number of nitrogens with zero attached hydrogens (tertiary/aromatic N) is 2. The van der Waals surface area contributed by atoms with Gasteiger partial charge >= 0.3 is 5.97 Å². The number of thiophene rings is 1. The number of carboxylic acid groups (broad SMARTS) is 1. The van der Waals surface area contributed by atoms with Crippen LogP contribution in [0.25, 0.3) is 0 Å². The second kappa shape index (κ2) is 9.43. The molecular formula is C26H20ClN3O7S. The molecule has 2 fully saturated rings. The molecule has 3 aromatic rings. The fourth-order valence-electron chi connectivity index (χ4n) is 5.33. The molecule has 0 bridgehead atoms. The summed E-state index contributed by atoms with van der Waals surface area (Å²) in [4.78, 5) is 64.4. The van der Waals surface area contributed by atoms with Gasteiger partial charge in [0.25, 0.3) is 5.69 Å². The summed E-state index contributed by atoms with van der Waals surface area (Å²) in [7, 11) is 0. The zero-order valence-electron chi connectivity index (χ0n) is 19.8. The summed E-state index contributed by atoms with van der Waals surface area (Å²) in [6.07, 6.45) is -0.201. The van der Waals surface area contributed by atoms with Gasteiger partial charge in [-0.1, -0.05) is 23.7 Å². The van der Waals surface area contributed by atoms with Crippen LogP contribution in [0.2, 0.25) is 4.34 Å². The van der Waals surface area contributed by atoms with E-state index in [9.17, 15) is 34.4 Å². The van der Waals surface area contributed by atoms with E-state index in [2.05, 4.69) is 5.32 Å². The molecule has 1 aromatic heterocycles. The lowest BCUT2D eigenvalue weighted by Gasteiger charge is -2.31. The van der Waals surface area contributed by atoms with Crippen molar-refractivity contribution < 1.29 is 29.2 Å². The van der Waals surface area contributed by atoms with Crippen molar-refractivity contribution in [2.45, 2.75) is 24.9 Å². The Morgan fingerprint density at radius 2 is 1.74 bits per heavy atom. The van der Waals surface area contributed by atoms with Crippen LogP contribution in [0.15, 0.2) is 60.7 Å². The molecule has 0 radical (unpaired) electrons. The maximum Gasteiger partial charge on any atom is 0.325 e. The first-order chi connectivity index (χ1) is 18.0. The van der Waals surface area contributed by atoms with Gasteiger partial charge in [0.05, 0.1) is 32.8 Å². The normalized spacial score (nSPS) is 24.5. The molecule has 2 amide bonds. The molecule has 194 valence electrons. The van der Waals surface area contributed by atoms with Gasteiger partial charge in [0.15, 0.2) is 5.78 Å². The van der Waals surface area contributed by atoms with Crippen LogP contribution in [-0.2, 0) is 20.8 Å². The summed E-state index contributed by atoms with van der Waals surface area (Å²) < 4.78 is 0.440. The van der Waals surface area contributed by atoms with E-state index in [1.165, 1.54) is 66.8 Å². The van der Waals surface area contributed by atoms with E-state index in [4.69, 9.17) is 11.6 Å². The number of hydrogen-bond donors (Lipinski definition) is 2. The molecule has 2 N–H and O–H groups in total. The molecule has 2 saturated heterocycles. The number of amides is 2. The number of carboxylic acids is 1. The molecule has 0 aliphatic carbocycles. The number of anilines is 1. The lowest BCUT2D eigenvalue weighted by atomic mass is 9.76. The van der Waals surface area contributed by atoms with Crippen molar-refractivity contribution in [1.82, 2.24) is 5.32 Å². The number of nitro groups is 1. The van der Waals surface area contributed by atoms with Crippen LogP contribution in [0.5, 0.6) is 0 Å². The third-order valence-electron chi connectivity index (χ3n) is 7.10. The first-order valence-corrected chi connectivity index (χ1v) is 12.7. The quantitative estimate of drug-likeness (QED) is 0.193. The summed E-state index contributed by atoms with van der Waals surface area (Å²) in [5.41, 5.74) is -0.966. The molecule has 0 saturated carbocycles. The minimum absolute atomic E-state index is 0.159. The highest BCUT2D eigenvalue weighted by atomic mass is 35.5. The summed E-state index contributed by atoms with van der Waals surface area (Å²) in [6.45, 7) is 1.40. The molecule has 3 heterocycles. The molecule has 2 aliphatic heterocycles. The third kappa shape index (κ3) is 4.08. The van der Waals surface area contributed by atoms with Crippen molar-refractivity contribution in [2.24, 2.45) is 11.8 Å². The van der Waals surface area contributed by atoms with E-state index in [1.807, 2.05) is 0 Å². The van der Waals surface area contributed by atoms with Crippen LogP contribution in [0, 0.1) is 22.0 Å². The van der Waals surface area contributed by atoms with Crippen LogP contribution in [0.1, 0.15) is 33.8 Å². The largest absolute Gasteiger partial charge is 0.480 e. The Hall–Kier alpha value is -3.93. The summed E-state index contributed by atoms with van der Waals surface area (Å²) in [6, 6.07) is 13.9. The first kappa shape index (κ1) is 25.7. The van der Waals surface area contributed by atoms with Gasteiger partial charge in [0.2, 0.25) is 11.8 Å². The number of non-ortho nitro benzene ring substituents is 1. The van der Waals surface area contributed by atoms with Gasteiger partial charge in [-0.3, -0.25) is 34.6 Å². The van der Waals surface area contributed by atoms with Gasteiger partial charge in [-0.25, -0.2) is 4.90 Å². The first-order valence-electron chi connectivity index (χ1n) is 11.5. The predicted molar refractivity (Wildman–Crippen MR) is 138 cm³/mol. The minimum Gasteiger partial charge on any atom is -0.480 e. The highest BCUT2D eigenvalue weighted by Crippen LogP contribution is 2.52. The number of aliphatic carboxylic acids is 1. The molecule has 12 heteroatoms. The van der Waals surface area contributed by atoms with E-state index in [0.717, 1.165) is 4.90 Å². The smallest absolute Gasteiger partial charge is 0.325 e. The van der Waals surface area contributed by atoms with E-state index in [0.29, 0.717) is 20.3 Å². The van der Waals surface area contributed by atoms with Crippen LogP contribution in [0.3, 0.4) is 0 Å². The molecule has 2 aromatic carbocycles. The van der Waals surface area contributed by atoms with E-state index in [1.54, 1.807) is 12.1 Å². The Kier molecular flexibility index (Phi) is 6.38. The standard InChI is InChI=1S/C26H20ClN3O7S/c1-13(31)15-4-8-16(9-5-15)29-23(32)20-21(24(29)33)26(25(34)35,28-22(20)18-10-11-19(27)38-18)12-14-2-6-17(7-3-14)30(36)37/h2-11,20-22,28H,12H2,1H3,(H,34,35). The Bertz CT molecular complexity index is 1490. The van der Waals surface area contributed by atoms with E-state index >= 15 is 0 Å². The number of carbonyl (C=O) groups excluding carboxylic acids is 3.